The Kier molecular flexibility index (Phi) is 4.65. The number of hydrogen-bond acceptors (Lipinski definition) is 4. The molecule has 1 aliphatic carbocycles. The van der Waals surface area contributed by atoms with E-state index in [1.165, 1.54) is 6.07 Å². The molecule has 3 rings (SSSR count). The average Bonchev–Trinajstić information content (AvgIpc) is 3.38. The molecule has 124 valence electrons. The molecular weight excluding hydrogens is 308 g/mol. The van der Waals surface area contributed by atoms with Gasteiger partial charge in [-0.15, -0.1) is 0 Å². The lowest BCUT2D eigenvalue weighted by Gasteiger charge is -2.12. The molecule has 0 bridgehead atoms. The summed E-state index contributed by atoms with van der Waals surface area (Å²) in [4.78, 5) is 24.3. The minimum Gasteiger partial charge on any atom is -0.504 e. The fourth-order valence-corrected chi connectivity index (χ4v) is 2.19. The minimum atomic E-state index is -0.412. The molecule has 0 radical (unpaired) electrons. The molecule has 0 unspecified atom stereocenters. The lowest BCUT2D eigenvalue weighted by Crippen LogP contribution is -2.28. The number of phenolic OH excluding ortho intramolecular Hbond substituents is 1. The SMILES string of the molecule is O=C(COc1ccccc1O)Nc1ccccc1C(=O)NC1CC1. The molecule has 6 heteroatoms. The van der Waals surface area contributed by atoms with Crippen molar-refractivity contribution >= 4 is 17.5 Å². The van der Waals surface area contributed by atoms with Gasteiger partial charge in [0.2, 0.25) is 0 Å². The zero-order valence-electron chi connectivity index (χ0n) is 13.0. The van der Waals surface area contributed by atoms with Crippen molar-refractivity contribution in [1.29, 1.82) is 0 Å². The van der Waals surface area contributed by atoms with Crippen molar-refractivity contribution in [3.05, 3.63) is 54.1 Å². The summed E-state index contributed by atoms with van der Waals surface area (Å²) in [5.74, 6) is -0.415. The molecule has 2 aromatic rings. The van der Waals surface area contributed by atoms with Gasteiger partial charge in [-0.25, -0.2) is 0 Å². The molecule has 0 saturated heterocycles. The zero-order chi connectivity index (χ0) is 16.9. The van der Waals surface area contributed by atoms with Gasteiger partial charge in [0.05, 0.1) is 11.3 Å². The molecule has 0 aliphatic heterocycles. The number of amides is 2. The fourth-order valence-electron chi connectivity index (χ4n) is 2.19. The first-order valence-corrected chi connectivity index (χ1v) is 7.74. The number of benzene rings is 2. The van der Waals surface area contributed by atoms with Crippen LogP contribution in [0.1, 0.15) is 23.2 Å². The van der Waals surface area contributed by atoms with Crippen LogP contribution >= 0.6 is 0 Å². The van der Waals surface area contributed by atoms with Crippen molar-refractivity contribution < 1.29 is 19.4 Å². The van der Waals surface area contributed by atoms with Gasteiger partial charge in [-0.1, -0.05) is 24.3 Å². The highest BCUT2D eigenvalue weighted by molar-refractivity contribution is 6.04. The molecule has 0 spiro atoms. The Morgan fingerprint density at radius 2 is 1.79 bits per heavy atom. The van der Waals surface area contributed by atoms with Gasteiger partial charge in [-0.3, -0.25) is 9.59 Å². The number of aromatic hydroxyl groups is 1. The highest BCUT2D eigenvalue weighted by Crippen LogP contribution is 2.24. The number of phenols is 1. The largest absolute Gasteiger partial charge is 0.504 e. The zero-order valence-corrected chi connectivity index (χ0v) is 13.0. The van der Waals surface area contributed by atoms with Crippen LogP contribution in [0, 0.1) is 0 Å². The molecule has 2 amide bonds. The predicted octanol–water partition coefficient (Wildman–Crippen LogP) is 2.30. The van der Waals surface area contributed by atoms with E-state index in [1.54, 1.807) is 42.5 Å². The fraction of sp³-hybridized carbons (Fsp3) is 0.222. The van der Waals surface area contributed by atoms with E-state index in [1.807, 2.05) is 0 Å². The van der Waals surface area contributed by atoms with E-state index in [2.05, 4.69) is 10.6 Å². The number of carbonyl (C=O) groups excluding carboxylic acids is 2. The summed E-state index contributed by atoms with van der Waals surface area (Å²) in [5.41, 5.74) is 0.849. The second-order valence-corrected chi connectivity index (χ2v) is 5.60. The molecule has 1 saturated carbocycles. The van der Waals surface area contributed by atoms with Crippen molar-refractivity contribution in [1.82, 2.24) is 5.32 Å². The van der Waals surface area contributed by atoms with Crippen molar-refractivity contribution in [2.24, 2.45) is 0 Å². The maximum absolute atomic E-state index is 12.2. The second-order valence-electron chi connectivity index (χ2n) is 5.60. The maximum Gasteiger partial charge on any atom is 0.262 e. The van der Waals surface area contributed by atoms with Crippen molar-refractivity contribution in [3.63, 3.8) is 0 Å². The monoisotopic (exact) mass is 326 g/mol. The molecule has 0 aromatic heterocycles. The Morgan fingerprint density at radius 1 is 1.08 bits per heavy atom. The third-order valence-corrected chi connectivity index (χ3v) is 3.58. The molecule has 0 atom stereocenters. The van der Waals surface area contributed by atoms with E-state index in [0.29, 0.717) is 11.3 Å². The highest BCUT2D eigenvalue weighted by Gasteiger charge is 2.25. The lowest BCUT2D eigenvalue weighted by molar-refractivity contribution is -0.118. The Bertz CT molecular complexity index is 756. The maximum atomic E-state index is 12.2. The van der Waals surface area contributed by atoms with Gasteiger partial charge in [0, 0.05) is 6.04 Å². The van der Waals surface area contributed by atoms with Gasteiger partial charge in [-0.2, -0.15) is 0 Å². The van der Waals surface area contributed by atoms with Crippen molar-refractivity contribution in [2.45, 2.75) is 18.9 Å². The summed E-state index contributed by atoms with van der Waals surface area (Å²) < 4.78 is 5.28. The van der Waals surface area contributed by atoms with E-state index < -0.39 is 5.91 Å². The second kappa shape index (κ2) is 7.04. The van der Waals surface area contributed by atoms with Crippen LogP contribution in [0.25, 0.3) is 0 Å². The van der Waals surface area contributed by atoms with Crippen LogP contribution in [0.2, 0.25) is 0 Å². The van der Waals surface area contributed by atoms with Gasteiger partial charge in [0.1, 0.15) is 0 Å². The first-order chi connectivity index (χ1) is 11.6. The van der Waals surface area contributed by atoms with Gasteiger partial charge >= 0.3 is 0 Å². The Balaban J connectivity index is 1.61. The lowest BCUT2D eigenvalue weighted by atomic mass is 10.1. The summed E-state index contributed by atoms with van der Waals surface area (Å²) in [5, 5.41) is 15.2. The number of carbonyl (C=O) groups is 2. The summed E-state index contributed by atoms with van der Waals surface area (Å²) in [6.07, 6.45) is 1.99. The van der Waals surface area contributed by atoms with E-state index >= 15 is 0 Å². The third kappa shape index (κ3) is 4.04. The Labute approximate surface area is 139 Å². The van der Waals surface area contributed by atoms with Crippen LogP contribution in [0.3, 0.4) is 0 Å². The van der Waals surface area contributed by atoms with Crippen molar-refractivity contribution in [2.75, 3.05) is 11.9 Å². The molecule has 0 heterocycles. The molecule has 3 N–H and O–H groups in total. The van der Waals surface area contributed by atoms with Crippen LogP contribution in [-0.4, -0.2) is 29.6 Å². The topological polar surface area (TPSA) is 87.7 Å². The van der Waals surface area contributed by atoms with E-state index in [4.69, 9.17) is 4.74 Å². The third-order valence-electron chi connectivity index (χ3n) is 3.58. The molecule has 24 heavy (non-hydrogen) atoms. The molecule has 2 aromatic carbocycles. The van der Waals surface area contributed by atoms with Crippen LogP contribution < -0.4 is 15.4 Å². The first-order valence-electron chi connectivity index (χ1n) is 7.74. The highest BCUT2D eigenvalue weighted by atomic mass is 16.5. The predicted molar refractivity (Wildman–Crippen MR) is 89.2 cm³/mol. The number of anilines is 1. The molecular formula is C18H18N2O4. The van der Waals surface area contributed by atoms with Crippen LogP contribution in [0.15, 0.2) is 48.5 Å². The minimum absolute atomic E-state index is 0.0329. The Hall–Kier alpha value is -3.02. The molecule has 1 fully saturated rings. The molecule has 1 aliphatic rings. The van der Waals surface area contributed by atoms with Crippen LogP contribution in [0.5, 0.6) is 11.5 Å². The van der Waals surface area contributed by atoms with Gasteiger partial charge in [-0.05, 0) is 37.1 Å². The van der Waals surface area contributed by atoms with Crippen LogP contribution in [-0.2, 0) is 4.79 Å². The average molecular weight is 326 g/mol. The van der Waals surface area contributed by atoms with Gasteiger partial charge < -0.3 is 20.5 Å². The number of rotatable bonds is 6. The van der Waals surface area contributed by atoms with Crippen LogP contribution in [0.4, 0.5) is 5.69 Å². The molecule has 6 nitrogen and oxygen atoms in total. The summed E-state index contributed by atoms with van der Waals surface area (Å²) in [6.45, 7) is -0.268. The van der Waals surface area contributed by atoms with E-state index in [0.717, 1.165) is 12.8 Å². The van der Waals surface area contributed by atoms with E-state index in [9.17, 15) is 14.7 Å². The van der Waals surface area contributed by atoms with Gasteiger partial charge in [0.25, 0.3) is 11.8 Å². The quantitative estimate of drug-likeness (QED) is 0.760. The number of hydrogen-bond donors (Lipinski definition) is 3. The van der Waals surface area contributed by atoms with Gasteiger partial charge in [0.15, 0.2) is 18.1 Å². The number of ether oxygens (including phenoxy) is 1. The normalized spacial score (nSPS) is 13.2. The smallest absolute Gasteiger partial charge is 0.262 e. The van der Waals surface area contributed by atoms with Crippen molar-refractivity contribution in [3.8, 4) is 11.5 Å². The summed E-state index contributed by atoms with van der Waals surface area (Å²) in [7, 11) is 0. The Morgan fingerprint density at radius 3 is 2.54 bits per heavy atom. The first kappa shape index (κ1) is 15.9. The van der Waals surface area contributed by atoms with E-state index in [-0.39, 0.29) is 30.1 Å². The number of nitrogens with one attached hydrogen (secondary N) is 2. The summed E-state index contributed by atoms with van der Waals surface area (Å²) >= 11 is 0. The standard InChI is InChI=1S/C18H18N2O4/c21-15-7-3-4-8-16(15)24-11-17(22)20-14-6-2-1-5-13(14)18(23)19-12-9-10-12/h1-8,12,21H,9-11H2,(H,19,23)(H,20,22). The summed E-state index contributed by atoms with van der Waals surface area (Å²) in [6, 6.07) is 13.5. The number of para-hydroxylation sites is 3.